The van der Waals surface area contributed by atoms with Gasteiger partial charge in [-0.3, -0.25) is 0 Å². The zero-order chi connectivity index (χ0) is 19.0. The molecule has 1 atom stereocenters. The zero-order valence-corrected chi connectivity index (χ0v) is 16.5. The fourth-order valence-corrected chi connectivity index (χ4v) is 3.67. The van der Waals surface area contributed by atoms with Crippen molar-refractivity contribution in [3.8, 4) is 11.5 Å². The van der Waals surface area contributed by atoms with Gasteiger partial charge in [-0.25, -0.2) is 0 Å². The molecule has 1 aliphatic heterocycles. The number of hydrogen-bond donors (Lipinski definition) is 0. The third kappa shape index (κ3) is 3.31. The Balaban J connectivity index is 1.91. The molecule has 3 aromatic rings. The minimum Gasteiger partial charge on any atom is -0.497 e. The lowest BCUT2D eigenvalue weighted by Crippen LogP contribution is -2.26. The van der Waals surface area contributed by atoms with Gasteiger partial charge < -0.3 is 9.47 Å². The highest BCUT2D eigenvalue weighted by Crippen LogP contribution is 2.46. The molecule has 0 fully saturated rings. The summed E-state index contributed by atoms with van der Waals surface area (Å²) in [5.41, 5.74) is 2.80. The molecule has 1 unspecified atom stereocenters. The maximum absolute atomic E-state index is 6.25. The van der Waals surface area contributed by atoms with Crippen molar-refractivity contribution in [1.82, 2.24) is 0 Å². The molecule has 0 N–H and O–H groups in total. The molecule has 4 rings (SSSR count). The Bertz CT molecular complexity index is 1010. The molecule has 4 heteroatoms. The summed E-state index contributed by atoms with van der Waals surface area (Å²) in [6, 6.07) is 21.5. The molecule has 0 saturated heterocycles. The summed E-state index contributed by atoms with van der Waals surface area (Å²) in [6.07, 6.45) is 2.15. The minimum absolute atomic E-state index is 0.376. The molecule has 0 bridgehead atoms. The van der Waals surface area contributed by atoms with Gasteiger partial charge in [-0.05, 0) is 61.0 Å². The Hall–Kier alpha value is -2.42. The van der Waals surface area contributed by atoms with Crippen molar-refractivity contribution in [3.63, 3.8) is 0 Å². The molecule has 0 radical (unpaired) electrons. The van der Waals surface area contributed by atoms with Gasteiger partial charge in [0, 0.05) is 32.7 Å². The first-order chi connectivity index (χ1) is 13.0. The Kier molecular flexibility index (Phi) is 4.63. The molecule has 1 aliphatic rings. The summed E-state index contributed by atoms with van der Waals surface area (Å²) in [4.78, 5) is 0. The molecular formula is C23H18Cl2O2. The van der Waals surface area contributed by atoms with E-state index in [9.17, 15) is 0 Å². The SMILES string of the molecule is COc1ccc2c(c1)OC(c1ccc(Cl)cc1)=CC2(C)c1ccc(Cl)cc1. The highest BCUT2D eigenvalue weighted by molar-refractivity contribution is 6.30. The topological polar surface area (TPSA) is 18.5 Å². The van der Waals surface area contributed by atoms with E-state index in [0.717, 1.165) is 33.9 Å². The summed E-state index contributed by atoms with van der Waals surface area (Å²) in [5, 5.41) is 1.41. The van der Waals surface area contributed by atoms with Crippen molar-refractivity contribution in [3.05, 3.63) is 99.5 Å². The maximum Gasteiger partial charge on any atom is 0.135 e. The van der Waals surface area contributed by atoms with Crippen LogP contribution in [0.25, 0.3) is 5.76 Å². The largest absolute Gasteiger partial charge is 0.497 e. The Labute approximate surface area is 169 Å². The highest BCUT2D eigenvalue weighted by atomic mass is 35.5. The van der Waals surface area contributed by atoms with E-state index in [4.69, 9.17) is 32.7 Å². The fraction of sp³-hybridized carbons (Fsp3) is 0.130. The van der Waals surface area contributed by atoms with Crippen LogP contribution < -0.4 is 9.47 Å². The van der Waals surface area contributed by atoms with Crippen LogP contribution in [0.5, 0.6) is 11.5 Å². The maximum atomic E-state index is 6.25. The van der Waals surface area contributed by atoms with Gasteiger partial charge in [-0.1, -0.05) is 41.4 Å². The van der Waals surface area contributed by atoms with Crippen LogP contribution in [0.3, 0.4) is 0 Å². The van der Waals surface area contributed by atoms with Gasteiger partial charge in [0.15, 0.2) is 0 Å². The number of hydrogen-bond acceptors (Lipinski definition) is 2. The molecular weight excluding hydrogens is 379 g/mol. The molecule has 27 heavy (non-hydrogen) atoms. The van der Waals surface area contributed by atoms with E-state index < -0.39 is 0 Å². The minimum atomic E-state index is -0.376. The van der Waals surface area contributed by atoms with E-state index in [1.807, 2.05) is 48.5 Å². The average molecular weight is 397 g/mol. The van der Waals surface area contributed by atoms with Gasteiger partial charge >= 0.3 is 0 Å². The smallest absolute Gasteiger partial charge is 0.135 e. The number of allylic oxidation sites excluding steroid dienone is 1. The molecule has 0 spiro atoms. The summed E-state index contributed by atoms with van der Waals surface area (Å²) < 4.78 is 11.6. The number of ether oxygens (including phenoxy) is 2. The Morgan fingerprint density at radius 2 is 1.48 bits per heavy atom. The van der Waals surface area contributed by atoms with E-state index in [-0.39, 0.29) is 5.41 Å². The van der Waals surface area contributed by atoms with E-state index in [1.54, 1.807) is 7.11 Å². The molecule has 3 aromatic carbocycles. The lowest BCUT2D eigenvalue weighted by Gasteiger charge is -2.34. The van der Waals surface area contributed by atoms with Crippen LogP contribution in [0.4, 0.5) is 0 Å². The first kappa shape index (κ1) is 18.0. The van der Waals surface area contributed by atoms with E-state index in [1.165, 1.54) is 0 Å². The third-order valence-corrected chi connectivity index (χ3v) is 5.46. The standard InChI is InChI=1S/C23H18Cl2O2/c1-23(16-5-9-18(25)10-6-16)14-22(15-3-7-17(24)8-4-15)27-21-13-19(26-2)11-12-20(21)23/h3-14H,1-2H3. The van der Waals surface area contributed by atoms with Crippen LogP contribution in [-0.2, 0) is 5.41 Å². The summed E-state index contributed by atoms with van der Waals surface area (Å²) in [6.45, 7) is 2.18. The molecule has 136 valence electrons. The molecule has 0 saturated carbocycles. The lowest BCUT2D eigenvalue weighted by molar-refractivity contribution is 0.407. The number of rotatable bonds is 3. The van der Waals surface area contributed by atoms with Gasteiger partial charge in [-0.15, -0.1) is 0 Å². The second-order valence-electron chi connectivity index (χ2n) is 6.69. The number of benzene rings is 3. The quantitative estimate of drug-likeness (QED) is 0.487. The predicted octanol–water partition coefficient (Wildman–Crippen LogP) is 6.74. The highest BCUT2D eigenvalue weighted by Gasteiger charge is 2.35. The Morgan fingerprint density at radius 1 is 0.852 bits per heavy atom. The third-order valence-electron chi connectivity index (χ3n) is 4.96. The Morgan fingerprint density at radius 3 is 2.11 bits per heavy atom. The molecule has 0 aliphatic carbocycles. The number of fused-ring (bicyclic) bond motifs is 1. The van der Waals surface area contributed by atoms with E-state index in [0.29, 0.717) is 10.0 Å². The molecule has 1 heterocycles. The van der Waals surface area contributed by atoms with Crippen molar-refractivity contribution >= 4 is 29.0 Å². The van der Waals surface area contributed by atoms with E-state index >= 15 is 0 Å². The first-order valence-corrected chi connectivity index (χ1v) is 9.36. The summed E-state index contributed by atoms with van der Waals surface area (Å²) >= 11 is 12.2. The van der Waals surface area contributed by atoms with Gasteiger partial charge in [-0.2, -0.15) is 0 Å². The molecule has 0 amide bonds. The van der Waals surface area contributed by atoms with Crippen molar-refractivity contribution in [2.75, 3.05) is 7.11 Å². The van der Waals surface area contributed by atoms with Crippen molar-refractivity contribution in [1.29, 1.82) is 0 Å². The van der Waals surface area contributed by atoms with Crippen molar-refractivity contribution < 1.29 is 9.47 Å². The van der Waals surface area contributed by atoms with Crippen LogP contribution >= 0.6 is 23.2 Å². The van der Waals surface area contributed by atoms with Crippen LogP contribution in [-0.4, -0.2) is 7.11 Å². The monoisotopic (exact) mass is 396 g/mol. The van der Waals surface area contributed by atoms with Crippen molar-refractivity contribution in [2.45, 2.75) is 12.3 Å². The van der Waals surface area contributed by atoms with Crippen LogP contribution in [0.2, 0.25) is 10.0 Å². The fourth-order valence-electron chi connectivity index (χ4n) is 3.42. The van der Waals surface area contributed by atoms with Gasteiger partial charge in [0.1, 0.15) is 17.3 Å². The average Bonchev–Trinajstić information content (AvgIpc) is 2.68. The number of halogens is 2. The first-order valence-electron chi connectivity index (χ1n) is 8.61. The van der Waals surface area contributed by atoms with Crippen LogP contribution in [0, 0.1) is 0 Å². The second kappa shape index (κ2) is 6.95. The van der Waals surface area contributed by atoms with E-state index in [2.05, 4.69) is 31.2 Å². The summed E-state index contributed by atoms with van der Waals surface area (Å²) in [5.74, 6) is 2.31. The van der Waals surface area contributed by atoms with Gasteiger partial charge in [0.05, 0.1) is 7.11 Å². The van der Waals surface area contributed by atoms with Gasteiger partial charge in [0.25, 0.3) is 0 Å². The van der Waals surface area contributed by atoms with Crippen molar-refractivity contribution in [2.24, 2.45) is 0 Å². The zero-order valence-electron chi connectivity index (χ0n) is 15.0. The normalized spacial score (nSPS) is 18.3. The predicted molar refractivity (Wildman–Crippen MR) is 111 cm³/mol. The van der Waals surface area contributed by atoms with Crippen LogP contribution in [0.1, 0.15) is 23.6 Å². The van der Waals surface area contributed by atoms with Crippen LogP contribution in [0.15, 0.2) is 72.8 Å². The summed E-state index contributed by atoms with van der Waals surface area (Å²) in [7, 11) is 1.65. The van der Waals surface area contributed by atoms with Gasteiger partial charge in [0.2, 0.25) is 0 Å². The lowest BCUT2D eigenvalue weighted by atomic mass is 9.74. The number of methoxy groups -OCH3 is 1. The second-order valence-corrected chi connectivity index (χ2v) is 7.56. The molecule has 0 aromatic heterocycles. The molecule has 2 nitrogen and oxygen atoms in total.